The highest BCUT2D eigenvalue weighted by Crippen LogP contribution is 2.30. The first kappa shape index (κ1) is 29.9. The Labute approximate surface area is 237 Å². The molecule has 2 aliphatic rings. The predicted molar refractivity (Wildman–Crippen MR) is 169 cm³/mol. The number of nitriles is 1. The molecule has 1 aromatic heterocycles. The molecule has 0 amide bonds. The monoisotopic (exact) mass is 537 g/mol. The first-order valence-corrected chi connectivity index (χ1v) is 13.4. The van der Waals surface area contributed by atoms with Gasteiger partial charge in [-0.3, -0.25) is 0 Å². The van der Waals surface area contributed by atoms with Gasteiger partial charge in [0.15, 0.2) is 5.82 Å². The SMILES string of the molecule is C=Cc1cc(N2CCNCC2)nc(-c2ccc(C)c(NC)c2)n1.CC#N.CNc1cc(O)cc2c1C=CCC=C2. The molecule has 1 aliphatic heterocycles. The zero-order valence-electron chi connectivity index (χ0n) is 23.8. The largest absolute Gasteiger partial charge is 0.508 e. The number of hydrogen-bond acceptors (Lipinski definition) is 8. The molecule has 5 rings (SSSR count). The van der Waals surface area contributed by atoms with Crippen LogP contribution in [-0.2, 0) is 0 Å². The summed E-state index contributed by atoms with van der Waals surface area (Å²) in [5.41, 5.74) is 7.33. The Morgan fingerprint density at radius 2 is 1.73 bits per heavy atom. The molecule has 208 valence electrons. The average Bonchev–Trinajstić information content (AvgIpc) is 3.23. The van der Waals surface area contributed by atoms with Crippen LogP contribution in [0.2, 0.25) is 0 Å². The number of anilines is 3. The van der Waals surface area contributed by atoms with Crippen LogP contribution in [0.25, 0.3) is 29.6 Å². The molecule has 0 saturated carbocycles. The van der Waals surface area contributed by atoms with Gasteiger partial charge in [-0.1, -0.05) is 43.0 Å². The van der Waals surface area contributed by atoms with Crippen molar-refractivity contribution in [3.8, 4) is 23.2 Å². The molecule has 2 heterocycles. The Balaban J connectivity index is 0.000000221. The number of aromatic nitrogens is 2. The zero-order valence-corrected chi connectivity index (χ0v) is 23.8. The smallest absolute Gasteiger partial charge is 0.162 e. The van der Waals surface area contributed by atoms with E-state index in [1.54, 1.807) is 24.3 Å². The van der Waals surface area contributed by atoms with Gasteiger partial charge in [0.1, 0.15) is 11.6 Å². The Hall–Kier alpha value is -4.61. The highest BCUT2D eigenvalue weighted by molar-refractivity contribution is 5.78. The van der Waals surface area contributed by atoms with Crippen molar-refractivity contribution in [3.05, 3.63) is 77.5 Å². The van der Waals surface area contributed by atoms with Crippen LogP contribution in [0.4, 0.5) is 17.2 Å². The number of benzene rings is 2. The molecule has 40 heavy (non-hydrogen) atoms. The van der Waals surface area contributed by atoms with Crippen LogP contribution in [0.3, 0.4) is 0 Å². The van der Waals surface area contributed by atoms with Crippen molar-refractivity contribution < 1.29 is 5.11 Å². The quantitative estimate of drug-likeness (QED) is 0.317. The predicted octanol–water partition coefficient (Wildman–Crippen LogP) is 5.94. The third-order valence-corrected chi connectivity index (χ3v) is 6.47. The Kier molecular flexibility index (Phi) is 11.3. The molecule has 0 spiro atoms. The maximum atomic E-state index is 9.49. The van der Waals surface area contributed by atoms with Crippen LogP contribution in [0.15, 0.2) is 55.1 Å². The summed E-state index contributed by atoms with van der Waals surface area (Å²) in [5.74, 6) is 2.01. The minimum Gasteiger partial charge on any atom is -0.508 e. The summed E-state index contributed by atoms with van der Waals surface area (Å²) in [7, 11) is 3.79. The maximum Gasteiger partial charge on any atom is 0.162 e. The van der Waals surface area contributed by atoms with E-state index in [2.05, 4.69) is 75.8 Å². The molecule has 8 nitrogen and oxygen atoms in total. The van der Waals surface area contributed by atoms with E-state index in [0.717, 1.165) is 78.0 Å². The molecule has 8 heteroatoms. The zero-order chi connectivity index (χ0) is 28.9. The lowest BCUT2D eigenvalue weighted by molar-refractivity contribution is 0.475. The summed E-state index contributed by atoms with van der Waals surface area (Å²) >= 11 is 0. The van der Waals surface area contributed by atoms with Crippen LogP contribution in [-0.4, -0.2) is 55.3 Å². The molecule has 0 unspecified atom stereocenters. The lowest BCUT2D eigenvalue weighted by atomic mass is 10.0. The van der Waals surface area contributed by atoms with Gasteiger partial charge in [-0.2, -0.15) is 5.26 Å². The number of nitrogens with one attached hydrogen (secondary N) is 3. The Morgan fingerprint density at radius 3 is 2.40 bits per heavy atom. The highest BCUT2D eigenvalue weighted by Gasteiger charge is 2.15. The first-order chi connectivity index (χ1) is 19.4. The summed E-state index contributed by atoms with van der Waals surface area (Å²) in [6.45, 7) is 11.3. The molecule has 1 aliphatic carbocycles. The van der Waals surface area contributed by atoms with Crippen LogP contribution in [0.1, 0.15) is 35.7 Å². The number of nitrogens with zero attached hydrogens (tertiary/aromatic N) is 4. The second-order valence-corrected chi connectivity index (χ2v) is 9.21. The van der Waals surface area contributed by atoms with Gasteiger partial charge in [0.05, 0.1) is 11.8 Å². The van der Waals surface area contributed by atoms with Gasteiger partial charge in [-0.25, -0.2) is 9.97 Å². The van der Waals surface area contributed by atoms with E-state index >= 15 is 0 Å². The van der Waals surface area contributed by atoms with Crippen molar-refractivity contribution in [1.82, 2.24) is 15.3 Å². The van der Waals surface area contributed by atoms with Crippen molar-refractivity contribution in [3.63, 3.8) is 0 Å². The minimum atomic E-state index is 0.299. The number of aromatic hydroxyl groups is 1. The molecule has 0 radical (unpaired) electrons. The number of rotatable bonds is 5. The summed E-state index contributed by atoms with van der Waals surface area (Å²) in [6, 6.07) is 13.5. The number of hydrogen-bond donors (Lipinski definition) is 4. The lowest BCUT2D eigenvalue weighted by Gasteiger charge is -2.28. The Bertz CT molecular complexity index is 1400. The fourth-order valence-corrected chi connectivity index (χ4v) is 4.42. The van der Waals surface area contributed by atoms with Gasteiger partial charge in [0, 0.05) is 81.8 Å². The lowest BCUT2D eigenvalue weighted by Crippen LogP contribution is -2.44. The van der Waals surface area contributed by atoms with Gasteiger partial charge in [0.25, 0.3) is 0 Å². The van der Waals surface area contributed by atoms with E-state index in [4.69, 9.17) is 10.2 Å². The fourth-order valence-electron chi connectivity index (χ4n) is 4.42. The summed E-state index contributed by atoms with van der Waals surface area (Å²) in [4.78, 5) is 11.7. The number of fused-ring (bicyclic) bond motifs is 1. The van der Waals surface area contributed by atoms with E-state index in [0.29, 0.717) is 5.75 Å². The highest BCUT2D eigenvalue weighted by atomic mass is 16.3. The van der Waals surface area contributed by atoms with E-state index < -0.39 is 0 Å². The molecule has 1 saturated heterocycles. The molecular weight excluding hydrogens is 498 g/mol. The molecule has 2 aromatic carbocycles. The van der Waals surface area contributed by atoms with Gasteiger partial charge < -0.3 is 26.0 Å². The van der Waals surface area contributed by atoms with Crippen LogP contribution in [0, 0.1) is 18.3 Å². The molecule has 4 N–H and O–H groups in total. The number of aryl methyl sites for hydroxylation is 1. The third kappa shape index (κ3) is 7.95. The first-order valence-electron chi connectivity index (χ1n) is 13.4. The minimum absolute atomic E-state index is 0.299. The molecular formula is C32H39N7O. The third-order valence-electron chi connectivity index (χ3n) is 6.47. The maximum absolute atomic E-state index is 9.49. The van der Waals surface area contributed by atoms with Crippen LogP contribution < -0.4 is 20.9 Å². The molecule has 3 aromatic rings. The van der Waals surface area contributed by atoms with Crippen molar-refractivity contribution in [2.75, 3.05) is 55.8 Å². The van der Waals surface area contributed by atoms with Crippen molar-refractivity contribution in [2.24, 2.45) is 0 Å². The second-order valence-electron chi connectivity index (χ2n) is 9.21. The topological polar surface area (TPSA) is 109 Å². The van der Waals surface area contributed by atoms with Gasteiger partial charge in [-0.05, 0) is 42.7 Å². The molecule has 0 bridgehead atoms. The van der Waals surface area contributed by atoms with Gasteiger partial charge in [0.2, 0.25) is 0 Å². The normalized spacial score (nSPS) is 13.3. The van der Waals surface area contributed by atoms with Crippen LogP contribution in [0.5, 0.6) is 5.75 Å². The van der Waals surface area contributed by atoms with Crippen molar-refractivity contribution >= 4 is 35.4 Å². The average molecular weight is 538 g/mol. The number of piperazine rings is 1. The van der Waals surface area contributed by atoms with E-state index in [9.17, 15) is 5.11 Å². The summed E-state index contributed by atoms with van der Waals surface area (Å²) in [6.07, 6.45) is 11.0. The molecule has 1 fully saturated rings. The summed E-state index contributed by atoms with van der Waals surface area (Å²) < 4.78 is 0. The molecule has 0 atom stereocenters. The van der Waals surface area contributed by atoms with E-state index in [1.165, 1.54) is 12.5 Å². The number of phenolic OH excluding ortho intramolecular Hbond substituents is 1. The standard InChI is InChI=1S/C18H23N5.C12H13NO.C2H3N/c1-4-15-12-17(23-9-7-20-8-10-23)22-18(21-15)14-6-5-13(2)16(11-14)19-3;1-13-12-8-10(14)7-9-5-3-2-4-6-11(9)12;1-2-3/h4-6,11-12,19-20H,1,7-10H2,2-3H3;3-8,13-14H,2H2,1H3;1H3. The summed E-state index contributed by atoms with van der Waals surface area (Å²) in [5, 5.41) is 26.5. The van der Waals surface area contributed by atoms with Crippen LogP contribution >= 0.6 is 0 Å². The number of phenols is 1. The van der Waals surface area contributed by atoms with E-state index in [1.807, 2.05) is 26.2 Å². The van der Waals surface area contributed by atoms with Gasteiger partial charge in [-0.15, -0.1) is 0 Å². The van der Waals surface area contributed by atoms with Crippen molar-refractivity contribution in [2.45, 2.75) is 20.3 Å². The van der Waals surface area contributed by atoms with Gasteiger partial charge >= 0.3 is 0 Å². The fraction of sp³-hybridized carbons (Fsp3) is 0.281. The number of allylic oxidation sites excluding steroid dienone is 2. The Morgan fingerprint density at radius 1 is 1.02 bits per heavy atom. The second kappa shape index (κ2) is 15.1. The van der Waals surface area contributed by atoms with Crippen molar-refractivity contribution in [1.29, 1.82) is 5.26 Å². The van der Waals surface area contributed by atoms with E-state index in [-0.39, 0.29) is 0 Å².